The van der Waals surface area contributed by atoms with Gasteiger partial charge in [-0.1, -0.05) is 30.3 Å². The molecule has 0 atom stereocenters. The molecular formula is C21H24N4O2. The Balaban J connectivity index is 1.29. The molecule has 6 heteroatoms. The van der Waals surface area contributed by atoms with E-state index in [1.54, 1.807) is 0 Å². The van der Waals surface area contributed by atoms with E-state index in [0.717, 1.165) is 30.8 Å². The van der Waals surface area contributed by atoms with E-state index in [-0.39, 0.29) is 11.8 Å². The molecule has 2 heterocycles. The lowest BCUT2D eigenvalue weighted by molar-refractivity contribution is -0.121. The summed E-state index contributed by atoms with van der Waals surface area (Å²) in [5.41, 5.74) is 4.57. The first-order valence-electron chi connectivity index (χ1n) is 9.39. The van der Waals surface area contributed by atoms with E-state index in [4.69, 9.17) is 0 Å². The summed E-state index contributed by atoms with van der Waals surface area (Å²) in [5.74, 6) is 0.0876. The van der Waals surface area contributed by atoms with Crippen molar-refractivity contribution in [1.29, 1.82) is 0 Å². The van der Waals surface area contributed by atoms with Gasteiger partial charge < -0.3 is 20.4 Å². The minimum atomic E-state index is 0.0310. The van der Waals surface area contributed by atoms with Crippen LogP contribution in [0.25, 0.3) is 0 Å². The second-order valence-electron chi connectivity index (χ2n) is 7.01. The van der Waals surface area contributed by atoms with Crippen LogP contribution in [0.1, 0.15) is 11.1 Å². The molecule has 2 aromatic rings. The molecule has 2 aromatic carbocycles. The van der Waals surface area contributed by atoms with Gasteiger partial charge in [-0.15, -0.1) is 0 Å². The van der Waals surface area contributed by atoms with Gasteiger partial charge in [-0.25, -0.2) is 0 Å². The number of benzene rings is 2. The highest BCUT2D eigenvalue weighted by atomic mass is 16.2. The number of carbonyl (C=O) groups excluding carboxylic acids is 2. The summed E-state index contributed by atoms with van der Waals surface area (Å²) in [5, 5.41) is 5.83. The summed E-state index contributed by atoms with van der Waals surface area (Å²) in [6, 6.07) is 16.3. The number of nitrogens with zero attached hydrogens (tertiary/aromatic N) is 2. The fraction of sp³-hybridized carbons (Fsp3) is 0.333. The van der Waals surface area contributed by atoms with Crippen molar-refractivity contribution in [2.24, 2.45) is 0 Å². The second-order valence-corrected chi connectivity index (χ2v) is 7.01. The van der Waals surface area contributed by atoms with Gasteiger partial charge in [0, 0.05) is 37.6 Å². The van der Waals surface area contributed by atoms with Gasteiger partial charge in [-0.3, -0.25) is 9.59 Å². The molecule has 0 bridgehead atoms. The summed E-state index contributed by atoms with van der Waals surface area (Å²) in [6.07, 6.45) is 0.999. The van der Waals surface area contributed by atoms with Crippen LogP contribution in [0.4, 0.5) is 11.4 Å². The summed E-state index contributed by atoms with van der Waals surface area (Å²) in [4.78, 5) is 28.0. The number of piperazine rings is 1. The smallest absolute Gasteiger partial charge is 0.239 e. The van der Waals surface area contributed by atoms with Crippen LogP contribution in [-0.2, 0) is 22.6 Å². The van der Waals surface area contributed by atoms with Crippen LogP contribution in [0.3, 0.4) is 0 Å². The highest BCUT2D eigenvalue weighted by Gasteiger charge is 2.20. The zero-order valence-corrected chi connectivity index (χ0v) is 15.3. The van der Waals surface area contributed by atoms with Crippen molar-refractivity contribution in [2.45, 2.75) is 13.0 Å². The molecule has 140 valence electrons. The molecule has 1 saturated heterocycles. The van der Waals surface area contributed by atoms with Gasteiger partial charge in [-0.05, 0) is 35.7 Å². The Labute approximate surface area is 159 Å². The van der Waals surface area contributed by atoms with E-state index in [1.807, 2.05) is 36.4 Å². The molecule has 0 spiro atoms. The number of carbonyl (C=O) groups is 2. The van der Waals surface area contributed by atoms with Gasteiger partial charge in [0.1, 0.15) is 0 Å². The number of anilines is 2. The van der Waals surface area contributed by atoms with Crippen LogP contribution in [0.5, 0.6) is 0 Å². The SMILES string of the molecule is O=C1CN(c2ccc(CNC(=O)CN3CCc4ccccc43)cc2)CCN1. The summed E-state index contributed by atoms with van der Waals surface area (Å²) in [6.45, 7) is 3.68. The third kappa shape index (κ3) is 4.05. The lowest BCUT2D eigenvalue weighted by Crippen LogP contribution is -2.47. The molecule has 0 saturated carbocycles. The number of hydrogen-bond acceptors (Lipinski definition) is 4. The third-order valence-corrected chi connectivity index (χ3v) is 5.15. The summed E-state index contributed by atoms with van der Waals surface area (Å²) < 4.78 is 0. The van der Waals surface area contributed by atoms with Crippen LogP contribution in [0, 0.1) is 0 Å². The van der Waals surface area contributed by atoms with E-state index in [2.05, 4.69) is 32.6 Å². The minimum absolute atomic E-state index is 0.0310. The van der Waals surface area contributed by atoms with E-state index < -0.39 is 0 Å². The first kappa shape index (κ1) is 17.4. The Morgan fingerprint density at radius 3 is 2.70 bits per heavy atom. The molecule has 2 amide bonds. The van der Waals surface area contributed by atoms with Crippen molar-refractivity contribution >= 4 is 23.2 Å². The molecule has 0 aliphatic carbocycles. The molecule has 1 fully saturated rings. The van der Waals surface area contributed by atoms with Crippen LogP contribution >= 0.6 is 0 Å². The quantitative estimate of drug-likeness (QED) is 0.840. The average Bonchev–Trinajstić information content (AvgIpc) is 3.10. The fourth-order valence-electron chi connectivity index (χ4n) is 3.68. The molecule has 0 radical (unpaired) electrons. The zero-order valence-electron chi connectivity index (χ0n) is 15.3. The number of para-hydroxylation sites is 1. The van der Waals surface area contributed by atoms with Gasteiger partial charge in [-0.2, -0.15) is 0 Å². The predicted molar refractivity (Wildman–Crippen MR) is 106 cm³/mol. The molecule has 2 N–H and O–H groups in total. The van der Waals surface area contributed by atoms with Crippen LogP contribution in [-0.4, -0.2) is 44.5 Å². The highest BCUT2D eigenvalue weighted by molar-refractivity contribution is 5.83. The number of hydrogen-bond donors (Lipinski definition) is 2. The maximum absolute atomic E-state index is 12.3. The van der Waals surface area contributed by atoms with Crippen LogP contribution in [0.15, 0.2) is 48.5 Å². The molecule has 6 nitrogen and oxygen atoms in total. The predicted octanol–water partition coefficient (Wildman–Crippen LogP) is 1.30. The number of amides is 2. The first-order chi connectivity index (χ1) is 13.2. The van der Waals surface area contributed by atoms with E-state index >= 15 is 0 Å². The standard InChI is InChI=1S/C21H24N4O2/c26-20-14-24(12-10-22-20)18-7-5-16(6-8-18)13-23-21(27)15-25-11-9-17-3-1-2-4-19(17)25/h1-8H,9-15H2,(H,22,26)(H,23,27). The maximum Gasteiger partial charge on any atom is 0.239 e. The lowest BCUT2D eigenvalue weighted by atomic mass is 10.1. The van der Waals surface area contributed by atoms with Gasteiger partial charge >= 0.3 is 0 Å². The molecule has 0 unspecified atom stereocenters. The third-order valence-electron chi connectivity index (χ3n) is 5.15. The van der Waals surface area contributed by atoms with Crippen molar-refractivity contribution in [2.75, 3.05) is 42.5 Å². The second kappa shape index (κ2) is 7.70. The van der Waals surface area contributed by atoms with Crippen molar-refractivity contribution in [3.05, 3.63) is 59.7 Å². The Morgan fingerprint density at radius 1 is 1.07 bits per heavy atom. The zero-order chi connectivity index (χ0) is 18.6. The van der Waals surface area contributed by atoms with Crippen molar-refractivity contribution in [3.63, 3.8) is 0 Å². The van der Waals surface area contributed by atoms with Crippen LogP contribution in [0.2, 0.25) is 0 Å². The molecule has 4 rings (SSSR count). The summed E-state index contributed by atoms with van der Waals surface area (Å²) in [7, 11) is 0. The largest absolute Gasteiger partial charge is 0.362 e. The monoisotopic (exact) mass is 364 g/mol. The molecule has 2 aliphatic heterocycles. The lowest BCUT2D eigenvalue weighted by Gasteiger charge is -2.28. The summed E-state index contributed by atoms with van der Waals surface area (Å²) >= 11 is 0. The van der Waals surface area contributed by atoms with E-state index in [9.17, 15) is 9.59 Å². The van der Waals surface area contributed by atoms with Gasteiger partial charge in [0.25, 0.3) is 0 Å². The highest BCUT2D eigenvalue weighted by Crippen LogP contribution is 2.26. The number of rotatable bonds is 5. The topological polar surface area (TPSA) is 64.7 Å². The molecule has 0 aromatic heterocycles. The minimum Gasteiger partial charge on any atom is -0.362 e. The maximum atomic E-state index is 12.3. The Morgan fingerprint density at radius 2 is 1.89 bits per heavy atom. The molecule has 27 heavy (non-hydrogen) atoms. The van der Waals surface area contributed by atoms with Gasteiger partial charge in [0.05, 0.1) is 13.1 Å². The van der Waals surface area contributed by atoms with E-state index in [0.29, 0.717) is 26.2 Å². The Hall–Kier alpha value is -3.02. The van der Waals surface area contributed by atoms with Gasteiger partial charge in [0.15, 0.2) is 0 Å². The first-order valence-corrected chi connectivity index (χ1v) is 9.39. The van der Waals surface area contributed by atoms with Crippen LogP contribution < -0.4 is 20.4 Å². The van der Waals surface area contributed by atoms with Crippen molar-refractivity contribution in [3.8, 4) is 0 Å². The normalized spacial score (nSPS) is 16.1. The Kier molecular flexibility index (Phi) is 4.96. The Bertz CT molecular complexity index is 834. The molecule has 2 aliphatic rings. The number of nitrogens with one attached hydrogen (secondary N) is 2. The fourth-order valence-corrected chi connectivity index (χ4v) is 3.68. The van der Waals surface area contributed by atoms with Crippen molar-refractivity contribution in [1.82, 2.24) is 10.6 Å². The number of fused-ring (bicyclic) bond motifs is 1. The average molecular weight is 364 g/mol. The van der Waals surface area contributed by atoms with E-state index in [1.165, 1.54) is 11.3 Å². The van der Waals surface area contributed by atoms with Gasteiger partial charge in [0.2, 0.25) is 11.8 Å². The molecular weight excluding hydrogens is 340 g/mol. The van der Waals surface area contributed by atoms with Crippen molar-refractivity contribution < 1.29 is 9.59 Å².